The maximum absolute atomic E-state index is 10.9. The van der Waals surface area contributed by atoms with E-state index in [1.807, 2.05) is 0 Å². The molecule has 0 heterocycles. The highest BCUT2D eigenvalue weighted by atomic mass is 16.5. The van der Waals surface area contributed by atoms with Gasteiger partial charge in [-0.05, 0) is 70.4 Å². The largest absolute Gasteiger partial charge is 0.395 e. The Morgan fingerprint density at radius 3 is 1.31 bits per heavy atom. The molecule has 0 aromatic carbocycles. The molecule has 0 aromatic heterocycles. The number of unbranched alkanes of at least 4 members (excludes halogenated alkanes) is 22. The number of hydrogen-bond donors (Lipinski definition) is 1. The maximum atomic E-state index is 10.9. The number of methoxy groups -OCH3 is 1. The summed E-state index contributed by atoms with van der Waals surface area (Å²) in [5, 5.41) is 9.36. The van der Waals surface area contributed by atoms with Gasteiger partial charge in [0, 0.05) is 39.4 Å². The molecule has 0 rings (SSSR count). The Hall–Kier alpha value is -0.490. The second-order valence-electron chi connectivity index (χ2n) is 16.0. The lowest BCUT2D eigenvalue weighted by atomic mass is 9.95. The number of nitrogens with zero attached hydrogens (tertiary/aromatic N) is 1. The summed E-state index contributed by atoms with van der Waals surface area (Å²) in [6.45, 7) is 15.2. The number of rotatable bonds is 43. The van der Waals surface area contributed by atoms with Gasteiger partial charge in [-0.1, -0.05) is 182 Å². The molecule has 0 spiro atoms. The fraction of sp³-hybridized carbons (Fsp3) is 0.979. The molecule has 0 fully saturated rings. The topological polar surface area (TPSA) is 59.0 Å². The van der Waals surface area contributed by atoms with Crippen LogP contribution in [0.1, 0.15) is 233 Å². The van der Waals surface area contributed by atoms with Crippen LogP contribution in [0.2, 0.25) is 0 Å². The first-order chi connectivity index (χ1) is 25.6. The minimum atomic E-state index is 0.274. The van der Waals surface area contributed by atoms with Gasteiger partial charge in [0.2, 0.25) is 0 Å². The normalized spacial score (nSPS) is 12.6. The average molecular weight is 740 g/mol. The van der Waals surface area contributed by atoms with Gasteiger partial charge >= 0.3 is 0 Å². The molecule has 0 aliphatic heterocycles. The monoisotopic (exact) mass is 740 g/mol. The molecule has 2 atom stereocenters. The van der Waals surface area contributed by atoms with E-state index in [0.29, 0.717) is 5.92 Å². The molecule has 0 saturated heterocycles. The van der Waals surface area contributed by atoms with Crippen LogP contribution in [0.4, 0.5) is 0 Å². The standard InChI is InChI=1S/C31H65NO3.C16H32O/c1-4-6-8-10-11-17-23-31(22-16-9-7-5-2)30-35-29-21-15-13-19-25-32(26-27-33)24-18-12-14-20-28-34-3;1-3-5-7-9-10-12-14-16(15-17)13-11-8-6-4-2/h31,33H,4-30H2,1-3H3;15-16H,3-14H2,1-2H3. The summed E-state index contributed by atoms with van der Waals surface area (Å²) < 4.78 is 11.3. The summed E-state index contributed by atoms with van der Waals surface area (Å²) in [4.78, 5) is 13.4. The lowest BCUT2D eigenvalue weighted by Crippen LogP contribution is -2.29. The number of aliphatic hydroxyl groups excluding tert-OH is 1. The molecule has 0 bridgehead atoms. The molecular formula is C47H97NO4. The van der Waals surface area contributed by atoms with E-state index in [2.05, 4.69) is 32.6 Å². The molecule has 0 saturated carbocycles. The van der Waals surface area contributed by atoms with Crippen molar-refractivity contribution in [3.63, 3.8) is 0 Å². The zero-order valence-corrected chi connectivity index (χ0v) is 36.4. The zero-order chi connectivity index (χ0) is 38.4. The second kappa shape index (κ2) is 48.5. The molecule has 0 aliphatic carbocycles. The Balaban J connectivity index is 0. The Kier molecular flexibility index (Phi) is 50.0. The highest BCUT2D eigenvalue weighted by Gasteiger charge is 2.10. The Bertz CT molecular complexity index is 633. The van der Waals surface area contributed by atoms with E-state index in [-0.39, 0.29) is 6.61 Å². The lowest BCUT2D eigenvalue weighted by Gasteiger charge is -2.21. The number of hydrogen-bond acceptors (Lipinski definition) is 5. The zero-order valence-electron chi connectivity index (χ0n) is 36.4. The van der Waals surface area contributed by atoms with Crippen molar-refractivity contribution in [3.8, 4) is 0 Å². The fourth-order valence-corrected chi connectivity index (χ4v) is 7.24. The van der Waals surface area contributed by atoms with Crippen LogP contribution in [0.25, 0.3) is 0 Å². The molecular weight excluding hydrogens is 643 g/mol. The van der Waals surface area contributed by atoms with Gasteiger partial charge in [0.05, 0.1) is 6.61 Å². The Morgan fingerprint density at radius 2 is 0.865 bits per heavy atom. The first kappa shape index (κ1) is 53.6. The summed E-state index contributed by atoms with van der Waals surface area (Å²) in [6, 6.07) is 0. The van der Waals surface area contributed by atoms with Crippen molar-refractivity contribution in [2.45, 2.75) is 233 Å². The first-order valence-corrected chi connectivity index (χ1v) is 23.5. The summed E-state index contributed by atoms with van der Waals surface area (Å²) in [5.41, 5.74) is 0. The maximum Gasteiger partial charge on any atom is 0.123 e. The lowest BCUT2D eigenvalue weighted by molar-refractivity contribution is -0.111. The van der Waals surface area contributed by atoms with Crippen molar-refractivity contribution in [2.24, 2.45) is 11.8 Å². The highest BCUT2D eigenvalue weighted by Crippen LogP contribution is 2.20. The van der Waals surface area contributed by atoms with E-state index in [4.69, 9.17) is 9.47 Å². The van der Waals surface area contributed by atoms with Crippen molar-refractivity contribution in [3.05, 3.63) is 0 Å². The molecule has 5 nitrogen and oxygen atoms in total. The summed E-state index contributed by atoms with van der Waals surface area (Å²) >= 11 is 0. The molecule has 0 aromatic rings. The summed E-state index contributed by atoms with van der Waals surface area (Å²) in [6.07, 6.45) is 43.0. The minimum Gasteiger partial charge on any atom is -0.395 e. The fourth-order valence-electron chi connectivity index (χ4n) is 7.24. The van der Waals surface area contributed by atoms with Crippen LogP contribution < -0.4 is 0 Å². The van der Waals surface area contributed by atoms with E-state index in [1.54, 1.807) is 7.11 Å². The molecule has 0 amide bonds. The third kappa shape index (κ3) is 43.9. The van der Waals surface area contributed by atoms with Crippen LogP contribution in [-0.2, 0) is 14.3 Å². The predicted molar refractivity (Wildman–Crippen MR) is 230 cm³/mol. The van der Waals surface area contributed by atoms with Crippen LogP contribution >= 0.6 is 0 Å². The highest BCUT2D eigenvalue weighted by molar-refractivity contribution is 5.53. The van der Waals surface area contributed by atoms with E-state index in [0.717, 1.165) is 64.6 Å². The van der Waals surface area contributed by atoms with Crippen molar-refractivity contribution in [1.29, 1.82) is 0 Å². The van der Waals surface area contributed by atoms with Gasteiger partial charge in [0.25, 0.3) is 0 Å². The van der Waals surface area contributed by atoms with Crippen molar-refractivity contribution >= 4 is 6.29 Å². The molecule has 0 radical (unpaired) electrons. The minimum absolute atomic E-state index is 0.274. The molecule has 1 N–H and O–H groups in total. The molecule has 314 valence electrons. The van der Waals surface area contributed by atoms with Crippen LogP contribution in [0.15, 0.2) is 0 Å². The van der Waals surface area contributed by atoms with Gasteiger partial charge in [-0.2, -0.15) is 0 Å². The van der Waals surface area contributed by atoms with Gasteiger partial charge in [-0.3, -0.25) is 0 Å². The van der Waals surface area contributed by atoms with Crippen LogP contribution in [-0.4, -0.2) is 69.5 Å². The number of aldehydes is 1. The Morgan fingerprint density at radius 1 is 0.481 bits per heavy atom. The van der Waals surface area contributed by atoms with E-state index < -0.39 is 0 Å². The number of ether oxygens (including phenoxy) is 2. The predicted octanol–water partition coefficient (Wildman–Crippen LogP) is 13.9. The van der Waals surface area contributed by atoms with E-state index in [9.17, 15) is 9.90 Å². The van der Waals surface area contributed by atoms with E-state index >= 15 is 0 Å². The average Bonchev–Trinajstić information content (AvgIpc) is 3.16. The number of carbonyl (C=O) groups is 1. The van der Waals surface area contributed by atoms with Crippen molar-refractivity contribution in [1.82, 2.24) is 4.90 Å². The second-order valence-corrected chi connectivity index (χ2v) is 16.0. The molecule has 52 heavy (non-hydrogen) atoms. The summed E-state index contributed by atoms with van der Waals surface area (Å²) in [7, 11) is 1.78. The van der Waals surface area contributed by atoms with Gasteiger partial charge < -0.3 is 24.3 Å². The molecule has 2 unspecified atom stereocenters. The van der Waals surface area contributed by atoms with Crippen molar-refractivity contribution < 1.29 is 19.4 Å². The Labute approximate surface area is 327 Å². The smallest absolute Gasteiger partial charge is 0.123 e. The van der Waals surface area contributed by atoms with Gasteiger partial charge in [-0.15, -0.1) is 0 Å². The summed E-state index contributed by atoms with van der Waals surface area (Å²) in [5.74, 6) is 1.12. The van der Waals surface area contributed by atoms with Crippen LogP contribution in [0.3, 0.4) is 0 Å². The third-order valence-electron chi connectivity index (χ3n) is 10.8. The number of carbonyl (C=O) groups excluding carboxylic acids is 1. The SMILES string of the molecule is CCCCCCCCC(C=O)CCCCCC.CCCCCCCCC(CCCCCC)COCCCCCCN(CCO)CCCCCCOC. The van der Waals surface area contributed by atoms with Gasteiger partial charge in [-0.25, -0.2) is 0 Å². The van der Waals surface area contributed by atoms with Crippen LogP contribution in [0, 0.1) is 11.8 Å². The van der Waals surface area contributed by atoms with E-state index in [1.165, 1.54) is 192 Å². The quantitative estimate of drug-likeness (QED) is 0.0498. The molecule has 5 heteroatoms. The first-order valence-electron chi connectivity index (χ1n) is 23.5. The van der Waals surface area contributed by atoms with Crippen molar-refractivity contribution in [2.75, 3.05) is 53.2 Å². The van der Waals surface area contributed by atoms with Gasteiger partial charge in [0.15, 0.2) is 0 Å². The van der Waals surface area contributed by atoms with Gasteiger partial charge in [0.1, 0.15) is 6.29 Å². The third-order valence-corrected chi connectivity index (χ3v) is 10.8. The number of aliphatic hydroxyl groups is 1. The molecule has 0 aliphatic rings. The van der Waals surface area contributed by atoms with Crippen LogP contribution in [0.5, 0.6) is 0 Å².